The number of aromatic hydroxyl groups is 1. The minimum atomic E-state index is -2.67. The average molecular weight is 601 g/mol. The number of fused-ring (bicyclic) bond motifs is 3. The lowest BCUT2D eigenvalue weighted by atomic mass is 9.44. The molecule has 232 valence electrons. The van der Waals surface area contributed by atoms with E-state index in [1.165, 1.54) is 6.92 Å². The molecule has 4 atom stereocenters. The van der Waals surface area contributed by atoms with E-state index in [2.05, 4.69) is 0 Å². The van der Waals surface area contributed by atoms with Crippen LogP contribution in [0.4, 0.5) is 0 Å². The number of carbonyl (C=O) groups excluding carboxylic acids is 4. The Bertz CT molecular complexity index is 1710. The van der Waals surface area contributed by atoms with Gasteiger partial charge in [0.15, 0.2) is 17.2 Å². The number of hydrogen-bond acceptors (Lipinski definition) is 8. The zero-order chi connectivity index (χ0) is 32.7. The van der Waals surface area contributed by atoms with Gasteiger partial charge >= 0.3 is 0 Å². The van der Waals surface area contributed by atoms with Crippen molar-refractivity contribution in [1.29, 1.82) is 0 Å². The highest BCUT2D eigenvalue weighted by molar-refractivity contribution is 6.25. The Kier molecular flexibility index (Phi) is 7.32. The van der Waals surface area contributed by atoms with Crippen molar-refractivity contribution in [2.75, 3.05) is 0 Å². The number of phenols is 1. The van der Waals surface area contributed by atoms with Crippen LogP contribution in [0.5, 0.6) is 5.75 Å². The van der Waals surface area contributed by atoms with Crippen molar-refractivity contribution in [3.8, 4) is 16.9 Å². The molecule has 3 aliphatic carbocycles. The van der Waals surface area contributed by atoms with Crippen molar-refractivity contribution in [1.82, 2.24) is 0 Å². The summed E-state index contributed by atoms with van der Waals surface area (Å²) in [4.78, 5) is 52.9. The Morgan fingerprint density at radius 1 is 1.02 bits per heavy atom. The third-order valence-corrected chi connectivity index (χ3v) is 10.2. The van der Waals surface area contributed by atoms with Crippen LogP contribution < -0.4 is 0 Å². The summed E-state index contributed by atoms with van der Waals surface area (Å²) in [7, 11) is 0. The quantitative estimate of drug-likeness (QED) is 0.302. The van der Waals surface area contributed by atoms with E-state index in [9.17, 15) is 39.6 Å². The van der Waals surface area contributed by atoms with E-state index in [0.29, 0.717) is 16.7 Å². The summed E-state index contributed by atoms with van der Waals surface area (Å²) >= 11 is 0. The molecule has 0 saturated heterocycles. The highest BCUT2D eigenvalue weighted by atomic mass is 16.3. The van der Waals surface area contributed by atoms with E-state index < -0.39 is 56.8 Å². The van der Waals surface area contributed by atoms with Crippen molar-refractivity contribution in [3.63, 3.8) is 0 Å². The Morgan fingerprint density at radius 2 is 1.64 bits per heavy atom. The van der Waals surface area contributed by atoms with Gasteiger partial charge in [-0.2, -0.15) is 0 Å². The molecule has 0 heterocycles. The van der Waals surface area contributed by atoms with Gasteiger partial charge in [0.1, 0.15) is 28.6 Å². The van der Waals surface area contributed by atoms with E-state index in [1.54, 1.807) is 27.7 Å². The fourth-order valence-electron chi connectivity index (χ4n) is 8.35. The highest BCUT2D eigenvalue weighted by Crippen LogP contribution is 2.65. The fourth-order valence-corrected chi connectivity index (χ4v) is 8.35. The molecule has 8 heteroatoms. The van der Waals surface area contributed by atoms with E-state index in [-0.39, 0.29) is 54.3 Å². The first kappa shape index (κ1) is 31.4. The van der Waals surface area contributed by atoms with Crippen molar-refractivity contribution in [3.05, 3.63) is 75.3 Å². The monoisotopic (exact) mass is 600 g/mol. The zero-order valence-corrected chi connectivity index (χ0v) is 26.3. The predicted molar refractivity (Wildman–Crippen MR) is 164 cm³/mol. The summed E-state index contributed by atoms with van der Waals surface area (Å²) in [5, 5.41) is 47.0. The van der Waals surface area contributed by atoms with E-state index in [0.717, 1.165) is 18.1 Å². The van der Waals surface area contributed by atoms with Crippen LogP contribution in [0.2, 0.25) is 0 Å². The molecule has 0 aromatic heterocycles. The number of allylic oxidation sites excluding steroid dienone is 2. The van der Waals surface area contributed by atoms with Gasteiger partial charge in [-0.15, -0.1) is 0 Å². The lowest BCUT2D eigenvalue weighted by molar-refractivity contribution is -0.171. The molecule has 44 heavy (non-hydrogen) atoms. The molecule has 4 N–H and O–H groups in total. The summed E-state index contributed by atoms with van der Waals surface area (Å²) in [6.45, 7) is 11.5. The first-order valence-electron chi connectivity index (χ1n) is 15.0. The summed E-state index contributed by atoms with van der Waals surface area (Å²) < 4.78 is 0. The van der Waals surface area contributed by atoms with Crippen LogP contribution in [-0.4, -0.2) is 49.2 Å². The molecule has 2 aromatic carbocycles. The van der Waals surface area contributed by atoms with Gasteiger partial charge in [-0.1, -0.05) is 57.5 Å². The first-order valence-corrected chi connectivity index (χ1v) is 15.0. The molecule has 0 fully saturated rings. The third-order valence-electron chi connectivity index (χ3n) is 10.2. The maximum Gasteiger partial charge on any atom is 0.209 e. The predicted octanol–water partition coefficient (Wildman–Crippen LogP) is 5.84. The van der Waals surface area contributed by atoms with Gasteiger partial charge in [-0.25, -0.2) is 0 Å². The average Bonchev–Trinajstić information content (AvgIpc) is 2.90. The Morgan fingerprint density at radius 3 is 2.18 bits per heavy atom. The van der Waals surface area contributed by atoms with Crippen LogP contribution >= 0.6 is 0 Å². The van der Waals surface area contributed by atoms with Gasteiger partial charge < -0.3 is 25.2 Å². The number of benzene rings is 2. The minimum absolute atomic E-state index is 0.0189. The molecule has 5 rings (SSSR count). The number of phenolic OH excluding ortho intramolecular Hbond substituents is 1. The molecular formula is C36H40O8. The molecule has 0 spiro atoms. The first-order chi connectivity index (χ1) is 20.4. The number of carbonyl (C=O) groups is 4. The van der Waals surface area contributed by atoms with Crippen molar-refractivity contribution < 1.29 is 39.6 Å². The van der Waals surface area contributed by atoms with Crippen molar-refractivity contribution in [2.45, 2.75) is 79.8 Å². The molecule has 0 bridgehead atoms. The zero-order valence-electron chi connectivity index (χ0n) is 26.3. The topological polar surface area (TPSA) is 149 Å². The summed E-state index contributed by atoms with van der Waals surface area (Å²) in [6, 6.07) is 9.54. The van der Waals surface area contributed by atoms with Gasteiger partial charge in [-0.3, -0.25) is 14.4 Å². The van der Waals surface area contributed by atoms with Crippen LogP contribution in [0.1, 0.15) is 81.4 Å². The number of ketones is 4. The Labute approximate surface area is 257 Å². The van der Waals surface area contributed by atoms with Gasteiger partial charge in [0.05, 0.1) is 5.56 Å². The number of aryl methyl sites for hydroxylation is 2. The molecule has 0 saturated carbocycles. The second kappa shape index (κ2) is 10.3. The molecule has 2 aromatic rings. The molecule has 0 amide bonds. The van der Waals surface area contributed by atoms with Crippen LogP contribution in [-0.2, 0) is 27.2 Å². The summed E-state index contributed by atoms with van der Waals surface area (Å²) in [5.74, 6) is -5.52. The molecule has 0 radical (unpaired) electrons. The number of rotatable bonds is 6. The minimum Gasteiger partial charge on any atom is -0.511 e. The number of hydrogen-bond donors (Lipinski definition) is 4. The second-order valence-electron chi connectivity index (χ2n) is 13.8. The van der Waals surface area contributed by atoms with Gasteiger partial charge in [0.25, 0.3) is 0 Å². The summed E-state index contributed by atoms with van der Waals surface area (Å²) in [6.07, 6.45) is 0.523. The maximum atomic E-state index is 14.5. The number of aliphatic hydroxyl groups excluding tert-OH is 2. The van der Waals surface area contributed by atoms with Gasteiger partial charge in [-0.05, 0) is 74.3 Å². The largest absolute Gasteiger partial charge is 0.511 e. The van der Waals surface area contributed by atoms with E-state index in [4.69, 9.17) is 0 Å². The van der Waals surface area contributed by atoms with Crippen LogP contribution in [0, 0.1) is 29.6 Å². The smallest absolute Gasteiger partial charge is 0.209 e. The normalized spacial score (nSPS) is 28.2. The highest BCUT2D eigenvalue weighted by Gasteiger charge is 2.71. The van der Waals surface area contributed by atoms with E-state index >= 15 is 0 Å². The van der Waals surface area contributed by atoms with Gasteiger partial charge in [0.2, 0.25) is 5.78 Å². The van der Waals surface area contributed by atoms with Crippen LogP contribution in [0.3, 0.4) is 0 Å². The Hall–Kier alpha value is -4.04. The van der Waals surface area contributed by atoms with Gasteiger partial charge in [0, 0.05) is 28.7 Å². The molecular weight excluding hydrogens is 560 g/mol. The fraction of sp³-hybridized carbons (Fsp3) is 0.444. The third kappa shape index (κ3) is 4.21. The summed E-state index contributed by atoms with van der Waals surface area (Å²) in [5.41, 5.74) is -2.60. The maximum absolute atomic E-state index is 14.5. The SMILES string of the molecule is CC(=O)CCc1cc(-c2ccc(C)cc2)c2c(c1O)C(=O)C1=C(O)[C@@]3(O)C(=O)C(C(C)=O)=C(O)C(C(C)C)[C@@]3(C)C[C@@]1(C)C2. The lowest BCUT2D eigenvalue weighted by Crippen LogP contribution is -2.67. The Balaban J connectivity index is 1.83. The van der Waals surface area contributed by atoms with E-state index in [1.807, 2.05) is 37.3 Å². The van der Waals surface area contributed by atoms with Crippen molar-refractivity contribution in [2.24, 2.45) is 22.7 Å². The second-order valence-corrected chi connectivity index (χ2v) is 13.8. The standard InChI is InChI=1S/C36H40O8/c1-17(2)27-30(40)25(20(5)38)32(42)36(44)33(43)28-31(41)26-24(15-34(28,6)16-35(27,36)7)23(21-11-8-18(3)9-12-21)14-22(29(26)39)13-10-19(4)37/h8-9,11-12,14,17,27,39-40,43-44H,10,13,15-16H2,1-7H3/t27?,34-,35-,36+/m1/s1. The number of aliphatic hydroxyl groups is 3. The van der Waals surface area contributed by atoms with Crippen molar-refractivity contribution >= 4 is 23.1 Å². The van der Waals surface area contributed by atoms with Crippen LogP contribution in [0.25, 0.3) is 11.1 Å². The number of Topliss-reactive ketones (excluding diaryl/α,β-unsaturated/α-hetero) is 4. The lowest BCUT2D eigenvalue weighted by Gasteiger charge is -2.59. The molecule has 0 aliphatic heterocycles. The van der Waals surface area contributed by atoms with Crippen LogP contribution in [0.15, 0.2) is 53.0 Å². The molecule has 3 aliphatic rings. The molecule has 1 unspecified atom stereocenters. The molecule has 8 nitrogen and oxygen atoms in total.